The molecule has 1 aromatic rings. The van der Waals surface area contributed by atoms with Crippen molar-refractivity contribution in [2.24, 2.45) is 39.8 Å². The summed E-state index contributed by atoms with van der Waals surface area (Å²) in [5.74, 6) is 8.70. The number of nitrogens with two attached hydrogens (primary N) is 1. The summed E-state index contributed by atoms with van der Waals surface area (Å²) in [6.45, 7) is 6.96. The van der Waals surface area contributed by atoms with E-state index in [9.17, 15) is 20.1 Å². The molecule has 7 N–H and O–H groups in total. The molecule has 9 rings (SSSR count). The lowest BCUT2D eigenvalue weighted by Gasteiger charge is -2.54. The number of benzene rings is 1. The molecular weight excluding hydrogens is 709 g/mol. The van der Waals surface area contributed by atoms with Crippen LogP contribution < -0.4 is 21.1 Å². The third-order valence-corrected chi connectivity index (χ3v) is 14.5. The second-order valence-corrected chi connectivity index (χ2v) is 18.7. The standard InChI is InChI=1S/C44H66N6O6/c1-29(51)55-39-22-35(52)11-16-43(15-10-33-6-5-7-34-21-36(12-17-46-34)56-40-20-30(19-37(33)39)8-9-38(40)53)28-47-42(45)48-44(13-3-2-4-14-44)50-25-31-18-32(26-50)24-49(23-31)27-41(43)54/h8-9,20,31-37,39,41,46,52-54H,2-7,11-14,16-19,21-28H2,1H3,(H3,45,47,48). The van der Waals surface area contributed by atoms with Crippen molar-refractivity contribution >= 4 is 11.9 Å². The summed E-state index contributed by atoms with van der Waals surface area (Å²) >= 11 is 0. The number of phenolic OH excluding ortho intramolecular Hbond substituents is 1. The number of aromatic hydroxyl groups is 1. The Morgan fingerprint density at radius 3 is 2.57 bits per heavy atom. The zero-order valence-electron chi connectivity index (χ0n) is 33.5. The van der Waals surface area contributed by atoms with E-state index in [0.717, 1.165) is 96.1 Å². The van der Waals surface area contributed by atoms with Crippen LogP contribution in [0.3, 0.4) is 0 Å². The quantitative estimate of drug-likeness (QED) is 0.183. The van der Waals surface area contributed by atoms with Gasteiger partial charge in [0.2, 0.25) is 0 Å². The number of aliphatic hydroxyl groups is 2. The number of ether oxygens (including phenoxy) is 2. The van der Waals surface area contributed by atoms with Gasteiger partial charge in [-0.2, -0.15) is 0 Å². The Balaban J connectivity index is 1.19. The highest BCUT2D eigenvalue weighted by Crippen LogP contribution is 2.41. The Bertz CT molecular complexity index is 1630. The highest BCUT2D eigenvalue weighted by molar-refractivity contribution is 5.78. The van der Waals surface area contributed by atoms with E-state index in [4.69, 9.17) is 20.2 Å². The maximum absolute atomic E-state index is 12.7. The van der Waals surface area contributed by atoms with E-state index in [1.807, 2.05) is 12.1 Å². The minimum atomic E-state index is -0.949. The number of hydrogen-bond donors (Lipinski definition) is 6. The van der Waals surface area contributed by atoms with Gasteiger partial charge >= 0.3 is 5.97 Å². The number of guanidine groups is 1. The molecular formula is C44H66N6O6. The van der Waals surface area contributed by atoms with Crippen molar-refractivity contribution < 1.29 is 29.6 Å². The fourth-order valence-corrected chi connectivity index (χ4v) is 11.6. The lowest BCUT2D eigenvalue weighted by molar-refractivity contribution is -0.152. The molecule has 0 aromatic heterocycles. The number of piperidine rings is 3. The first-order valence-corrected chi connectivity index (χ1v) is 21.9. The predicted octanol–water partition coefficient (Wildman–Crippen LogP) is 3.51. The highest BCUT2D eigenvalue weighted by Gasteiger charge is 2.47. The molecule has 308 valence electrons. The third kappa shape index (κ3) is 8.97. The molecule has 6 heterocycles. The van der Waals surface area contributed by atoms with E-state index >= 15 is 0 Å². The largest absolute Gasteiger partial charge is 0.504 e. The Morgan fingerprint density at radius 1 is 0.982 bits per heavy atom. The normalized spacial score (nSPS) is 40.1. The van der Waals surface area contributed by atoms with Gasteiger partial charge in [0.05, 0.1) is 29.8 Å². The fourth-order valence-electron chi connectivity index (χ4n) is 11.6. The zero-order valence-corrected chi connectivity index (χ0v) is 33.5. The molecule has 12 nitrogen and oxygen atoms in total. The molecule has 56 heavy (non-hydrogen) atoms. The Labute approximate surface area is 333 Å². The third-order valence-electron chi connectivity index (χ3n) is 14.5. The van der Waals surface area contributed by atoms with Gasteiger partial charge in [0.15, 0.2) is 17.5 Å². The van der Waals surface area contributed by atoms with Crippen LogP contribution in [-0.4, -0.2) is 119 Å². The zero-order chi connectivity index (χ0) is 38.9. The molecule has 8 bridgehead atoms. The van der Waals surface area contributed by atoms with Crippen LogP contribution in [0.15, 0.2) is 23.2 Å². The maximum atomic E-state index is 12.7. The van der Waals surface area contributed by atoms with Gasteiger partial charge in [-0.15, -0.1) is 0 Å². The summed E-state index contributed by atoms with van der Waals surface area (Å²) in [6.07, 6.45) is 10.6. The number of hydrogen-bond acceptors (Lipinski definition) is 12. The van der Waals surface area contributed by atoms with Gasteiger partial charge < -0.3 is 46.1 Å². The van der Waals surface area contributed by atoms with Crippen LogP contribution >= 0.6 is 0 Å². The number of carbonyl (C=O) groups excluding carboxylic acids is 1. The van der Waals surface area contributed by atoms with Crippen molar-refractivity contribution in [2.75, 3.05) is 45.8 Å². The lowest BCUT2D eigenvalue weighted by atomic mass is 9.72. The van der Waals surface area contributed by atoms with Crippen molar-refractivity contribution in [2.45, 2.75) is 139 Å². The Morgan fingerprint density at radius 2 is 1.79 bits per heavy atom. The molecule has 6 aliphatic heterocycles. The van der Waals surface area contributed by atoms with Crippen LogP contribution in [0.1, 0.15) is 102 Å². The Hall–Kier alpha value is -3.08. The van der Waals surface area contributed by atoms with Crippen molar-refractivity contribution in [1.29, 1.82) is 0 Å². The van der Waals surface area contributed by atoms with Crippen molar-refractivity contribution in [3.8, 4) is 23.3 Å². The molecule has 0 radical (unpaired) electrons. The SMILES string of the molecule is CC(=O)OC1CC(O)CCC2(C#CC3CCCC4CC(CCN4)Oc4cc(ccc4O)CC31)CN=C(N)NC1(CCCCC1)N1CC3CC(CN(C3)CC2O)C1. The monoisotopic (exact) mass is 775 g/mol. The van der Waals surface area contributed by atoms with Gasteiger partial charge in [-0.05, 0) is 113 Å². The summed E-state index contributed by atoms with van der Waals surface area (Å²) in [6, 6.07) is 5.80. The molecule has 3 saturated heterocycles. The second kappa shape index (κ2) is 17.0. The number of carbonyl (C=O) groups is 1. The number of esters is 1. The highest BCUT2D eigenvalue weighted by atomic mass is 16.5. The van der Waals surface area contributed by atoms with E-state index in [1.54, 1.807) is 6.07 Å². The molecule has 2 aliphatic carbocycles. The van der Waals surface area contributed by atoms with Crippen LogP contribution in [0.5, 0.6) is 11.5 Å². The lowest BCUT2D eigenvalue weighted by Crippen LogP contribution is -2.67. The number of rotatable bonds is 1. The summed E-state index contributed by atoms with van der Waals surface area (Å²) < 4.78 is 12.5. The summed E-state index contributed by atoms with van der Waals surface area (Å²) in [4.78, 5) is 22.9. The van der Waals surface area contributed by atoms with E-state index in [-0.39, 0.29) is 54.3 Å². The summed E-state index contributed by atoms with van der Waals surface area (Å²) in [5.41, 5.74) is 6.66. The molecule has 1 aromatic carbocycles. The van der Waals surface area contributed by atoms with Crippen LogP contribution in [0.25, 0.3) is 0 Å². The van der Waals surface area contributed by atoms with E-state index in [2.05, 4.69) is 32.3 Å². The summed E-state index contributed by atoms with van der Waals surface area (Å²) in [7, 11) is 0. The maximum Gasteiger partial charge on any atom is 0.302 e. The minimum Gasteiger partial charge on any atom is -0.504 e. The summed E-state index contributed by atoms with van der Waals surface area (Å²) in [5, 5.41) is 42.6. The Kier molecular flexibility index (Phi) is 12.1. The number of nitrogens with one attached hydrogen (secondary N) is 2. The number of nitrogens with zero attached hydrogens (tertiary/aromatic N) is 3. The number of phenols is 1. The molecule has 10 atom stereocenters. The smallest absolute Gasteiger partial charge is 0.302 e. The van der Waals surface area contributed by atoms with Gasteiger partial charge in [0.25, 0.3) is 0 Å². The average Bonchev–Trinajstić information content (AvgIpc) is 3.17. The van der Waals surface area contributed by atoms with E-state index < -0.39 is 23.7 Å². The molecule has 4 fully saturated rings. The van der Waals surface area contributed by atoms with Crippen molar-refractivity contribution in [1.82, 2.24) is 20.4 Å². The van der Waals surface area contributed by atoms with Crippen LogP contribution in [0.2, 0.25) is 0 Å². The van der Waals surface area contributed by atoms with E-state index in [0.29, 0.717) is 49.4 Å². The van der Waals surface area contributed by atoms with Gasteiger partial charge in [-0.25, -0.2) is 0 Å². The fraction of sp³-hybridized carbons (Fsp3) is 0.773. The molecule has 2 spiro atoms. The van der Waals surface area contributed by atoms with Crippen LogP contribution in [0, 0.1) is 40.9 Å². The number of aliphatic hydroxyl groups excluding tert-OH is 2. The average molecular weight is 775 g/mol. The first kappa shape index (κ1) is 39.7. The molecule has 0 amide bonds. The van der Waals surface area contributed by atoms with Crippen molar-refractivity contribution in [3.05, 3.63) is 23.8 Å². The van der Waals surface area contributed by atoms with Gasteiger partial charge in [-0.3, -0.25) is 14.7 Å². The first-order chi connectivity index (χ1) is 27.0. The topological polar surface area (TPSA) is 165 Å². The van der Waals surface area contributed by atoms with E-state index in [1.165, 1.54) is 19.8 Å². The molecule has 8 aliphatic rings. The second-order valence-electron chi connectivity index (χ2n) is 18.7. The molecule has 1 saturated carbocycles. The molecule has 10 unspecified atom stereocenters. The van der Waals surface area contributed by atoms with Gasteiger partial charge in [0.1, 0.15) is 12.2 Å². The van der Waals surface area contributed by atoms with Gasteiger partial charge in [0, 0.05) is 63.9 Å². The van der Waals surface area contributed by atoms with Crippen LogP contribution in [0.4, 0.5) is 0 Å². The molecule has 12 heteroatoms. The minimum absolute atomic E-state index is 0.00738. The van der Waals surface area contributed by atoms with Gasteiger partial charge in [-0.1, -0.05) is 30.7 Å². The predicted molar refractivity (Wildman–Crippen MR) is 215 cm³/mol. The van der Waals surface area contributed by atoms with Crippen molar-refractivity contribution in [3.63, 3.8) is 0 Å². The van der Waals surface area contributed by atoms with Crippen LogP contribution in [-0.2, 0) is 16.0 Å². The number of aliphatic imine (C=N–C) groups is 1. The first-order valence-electron chi connectivity index (χ1n) is 21.9. The number of fused-ring (bicyclic) bond motifs is 8.